The standard InChI is InChI=1S/C20H43N3O2/c1-3-5-7-9-11-13-15-22-19(17-21-18-20(24)25)23-16-14-12-10-8-6-4-2/h19,21-23H,3-18H2,1-2H3,(H,24,25). The van der Waals surface area contributed by atoms with Gasteiger partial charge in [-0.25, -0.2) is 0 Å². The SMILES string of the molecule is CCCCCCCCNC(CNCC(=O)O)NCCCCCCCC. The van der Waals surface area contributed by atoms with Crippen molar-refractivity contribution in [3.8, 4) is 0 Å². The highest BCUT2D eigenvalue weighted by molar-refractivity contribution is 5.68. The van der Waals surface area contributed by atoms with Crippen molar-refractivity contribution in [1.82, 2.24) is 16.0 Å². The maximum atomic E-state index is 10.6. The zero-order valence-corrected chi connectivity index (χ0v) is 16.7. The average Bonchev–Trinajstić information content (AvgIpc) is 2.59. The van der Waals surface area contributed by atoms with Crippen LogP contribution in [-0.4, -0.2) is 43.4 Å². The molecule has 0 saturated heterocycles. The third kappa shape index (κ3) is 19.5. The van der Waals surface area contributed by atoms with Crippen molar-refractivity contribution in [3.63, 3.8) is 0 Å². The van der Waals surface area contributed by atoms with E-state index in [1.165, 1.54) is 77.0 Å². The van der Waals surface area contributed by atoms with Crippen molar-refractivity contribution in [2.45, 2.75) is 97.1 Å². The molecule has 0 unspecified atom stereocenters. The molecule has 0 aromatic heterocycles. The summed E-state index contributed by atoms with van der Waals surface area (Å²) in [5, 5.41) is 18.8. The first-order chi connectivity index (χ1) is 12.2. The Morgan fingerprint density at radius 3 is 1.64 bits per heavy atom. The van der Waals surface area contributed by atoms with E-state index >= 15 is 0 Å². The Morgan fingerprint density at radius 2 is 1.20 bits per heavy atom. The second kappa shape index (κ2) is 19.7. The van der Waals surface area contributed by atoms with Crippen LogP contribution in [0, 0.1) is 0 Å². The van der Waals surface area contributed by atoms with Crippen molar-refractivity contribution in [3.05, 3.63) is 0 Å². The number of hydrogen-bond acceptors (Lipinski definition) is 4. The molecule has 0 aromatic rings. The molecule has 0 aliphatic carbocycles. The Kier molecular flexibility index (Phi) is 19.2. The van der Waals surface area contributed by atoms with Gasteiger partial charge in [0, 0.05) is 6.54 Å². The third-order valence-electron chi connectivity index (χ3n) is 4.47. The maximum absolute atomic E-state index is 10.6. The van der Waals surface area contributed by atoms with E-state index in [1.54, 1.807) is 0 Å². The van der Waals surface area contributed by atoms with Crippen molar-refractivity contribution >= 4 is 5.97 Å². The molecule has 0 heterocycles. The smallest absolute Gasteiger partial charge is 0.317 e. The average molecular weight is 358 g/mol. The van der Waals surface area contributed by atoms with Crippen LogP contribution >= 0.6 is 0 Å². The number of nitrogens with one attached hydrogen (secondary N) is 3. The van der Waals surface area contributed by atoms with Gasteiger partial charge in [0.25, 0.3) is 0 Å². The molecule has 0 rings (SSSR count). The Labute approximate surface area is 155 Å². The lowest BCUT2D eigenvalue weighted by molar-refractivity contribution is -0.135. The summed E-state index contributed by atoms with van der Waals surface area (Å²) in [6.07, 6.45) is 15.7. The fraction of sp³-hybridized carbons (Fsp3) is 0.950. The van der Waals surface area contributed by atoms with Crippen LogP contribution in [0.25, 0.3) is 0 Å². The van der Waals surface area contributed by atoms with Crippen LogP contribution in [0.2, 0.25) is 0 Å². The van der Waals surface area contributed by atoms with Gasteiger partial charge >= 0.3 is 5.97 Å². The molecule has 150 valence electrons. The first-order valence-corrected chi connectivity index (χ1v) is 10.6. The molecule has 0 aliphatic rings. The number of carbonyl (C=O) groups is 1. The van der Waals surface area contributed by atoms with Gasteiger partial charge in [-0.2, -0.15) is 0 Å². The number of unbranched alkanes of at least 4 members (excludes halogenated alkanes) is 10. The molecule has 0 saturated carbocycles. The predicted molar refractivity (Wildman–Crippen MR) is 107 cm³/mol. The summed E-state index contributed by atoms with van der Waals surface area (Å²) < 4.78 is 0. The highest BCUT2D eigenvalue weighted by Gasteiger charge is 2.07. The van der Waals surface area contributed by atoms with Gasteiger partial charge in [-0.1, -0.05) is 78.1 Å². The van der Waals surface area contributed by atoms with Gasteiger partial charge in [0.05, 0.1) is 12.7 Å². The Morgan fingerprint density at radius 1 is 0.760 bits per heavy atom. The van der Waals surface area contributed by atoms with Crippen LogP contribution in [0.15, 0.2) is 0 Å². The van der Waals surface area contributed by atoms with Crippen LogP contribution in [0.3, 0.4) is 0 Å². The summed E-state index contributed by atoms with van der Waals surface area (Å²) in [6, 6.07) is 0. The van der Waals surface area contributed by atoms with E-state index in [2.05, 4.69) is 29.8 Å². The summed E-state index contributed by atoms with van der Waals surface area (Å²) in [5.41, 5.74) is 0. The second-order valence-corrected chi connectivity index (χ2v) is 7.02. The molecule has 0 aliphatic heterocycles. The Bertz CT molecular complexity index is 270. The van der Waals surface area contributed by atoms with E-state index in [4.69, 9.17) is 5.11 Å². The molecule has 0 radical (unpaired) electrons. The molecule has 5 heteroatoms. The minimum absolute atomic E-state index is 0.0217. The molecule has 0 spiro atoms. The second-order valence-electron chi connectivity index (χ2n) is 7.02. The molecule has 25 heavy (non-hydrogen) atoms. The number of aliphatic carboxylic acids is 1. The molecule has 0 amide bonds. The van der Waals surface area contributed by atoms with Gasteiger partial charge in [0.1, 0.15) is 0 Å². The fourth-order valence-corrected chi connectivity index (χ4v) is 2.90. The first kappa shape index (κ1) is 24.4. The Balaban J connectivity index is 3.76. The van der Waals surface area contributed by atoms with Crippen LogP contribution in [-0.2, 0) is 4.79 Å². The van der Waals surface area contributed by atoms with E-state index < -0.39 is 5.97 Å². The number of hydrogen-bond donors (Lipinski definition) is 4. The van der Waals surface area contributed by atoms with Crippen LogP contribution in [0.1, 0.15) is 90.9 Å². The van der Waals surface area contributed by atoms with Gasteiger partial charge in [-0.15, -0.1) is 0 Å². The number of rotatable bonds is 20. The van der Waals surface area contributed by atoms with E-state index in [0.717, 1.165) is 13.1 Å². The van der Waals surface area contributed by atoms with E-state index in [9.17, 15) is 4.79 Å². The minimum Gasteiger partial charge on any atom is -0.480 e. The van der Waals surface area contributed by atoms with Crippen LogP contribution in [0.5, 0.6) is 0 Å². The minimum atomic E-state index is -0.800. The zero-order valence-electron chi connectivity index (χ0n) is 16.7. The largest absolute Gasteiger partial charge is 0.480 e. The molecule has 0 bridgehead atoms. The van der Waals surface area contributed by atoms with E-state index in [-0.39, 0.29) is 12.7 Å². The van der Waals surface area contributed by atoms with Crippen molar-refractivity contribution < 1.29 is 9.90 Å². The van der Waals surface area contributed by atoms with Crippen molar-refractivity contribution in [1.29, 1.82) is 0 Å². The molecule has 0 aromatic carbocycles. The summed E-state index contributed by atoms with van der Waals surface area (Å²) >= 11 is 0. The Hall–Kier alpha value is -0.650. The molecular formula is C20H43N3O2. The maximum Gasteiger partial charge on any atom is 0.317 e. The summed E-state index contributed by atoms with van der Waals surface area (Å²) in [4.78, 5) is 10.6. The number of carboxylic acid groups (broad SMARTS) is 1. The van der Waals surface area contributed by atoms with Crippen LogP contribution < -0.4 is 16.0 Å². The van der Waals surface area contributed by atoms with E-state index in [1.807, 2.05) is 0 Å². The first-order valence-electron chi connectivity index (χ1n) is 10.6. The van der Waals surface area contributed by atoms with Gasteiger partial charge in [-0.05, 0) is 25.9 Å². The highest BCUT2D eigenvalue weighted by Crippen LogP contribution is 2.05. The zero-order chi connectivity index (χ0) is 18.6. The molecule has 4 N–H and O–H groups in total. The lowest BCUT2D eigenvalue weighted by Gasteiger charge is -2.21. The van der Waals surface area contributed by atoms with Crippen molar-refractivity contribution in [2.24, 2.45) is 0 Å². The summed E-state index contributed by atoms with van der Waals surface area (Å²) in [5.74, 6) is -0.800. The third-order valence-corrected chi connectivity index (χ3v) is 4.47. The normalized spacial score (nSPS) is 11.3. The molecule has 0 atom stereocenters. The van der Waals surface area contributed by atoms with E-state index in [0.29, 0.717) is 6.54 Å². The highest BCUT2D eigenvalue weighted by atomic mass is 16.4. The fourth-order valence-electron chi connectivity index (χ4n) is 2.90. The summed E-state index contributed by atoms with van der Waals surface area (Å²) in [7, 11) is 0. The van der Waals surface area contributed by atoms with Gasteiger partial charge in [-0.3, -0.25) is 4.79 Å². The predicted octanol–water partition coefficient (Wildman–Crippen LogP) is 3.89. The van der Waals surface area contributed by atoms with Crippen LogP contribution in [0.4, 0.5) is 0 Å². The van der Waals surface area contributed by atoms with Gasteiger partial charge in [0.15, 0.2) is 0 Å². The molecule has 5 nitrogen and oxygen atoms in total. The summed E-state index contributed by atoms with van der Waals surface area (Å²) in [6.45, 7) is 7.15. The molecular weight excluding hydrogens is 314 g/mol. The lowest BCUT2D eigenvalue weighted by Crippen LogP contribution is -2.50. The van der Waals surface area contributed by atoms with Crippen molar-refractivity contribution in [2.75, 3.05) is 26.2 Å². The topological polar surface area (TPSA) is 73.4 Å². The van der Waals surface area contributed by atoms with Gasteiger partial charge in [0.2, 0.25) is 0 Å². The quantitative estimate of drug-likeness (QED) is 0.196. The monoisotopic (exact) mass is 357 g/mol. The van der Waals surface area contributed by atoms with Gasteiger partial charge < -0.3 is 21.1 Å². The number of carboxylic acids is 1. The molecule has 0 fully saturated rings. The lowest BCUT2D eigenvalue weighted by atomic mass is 10.1.